The van der Waals surface area contributed by atoms with E-state index >= 15 is 0 Å². The average molecular weight is 336 g/mol. The number of aliphatic hydroxyl groups is 1. The van der Waals surface area contributed by atoms with Crippen molar-refractivity contribution in [2.45, 2.75) is 44.8 Å². The number of nitrogens with zero attached hydrogens (tertiary/aromatic N) is 2. The van der Waals surface area contributed by atoms with Gasteiger partial charge in [0.1, 0.15) is 5.01 Å². The number of thiophene rings is 1. The Balaban J connectivity index is 1.68. The lowest BCUT2D eigenvalue weighted by Gasteiger charge is -2.37. The highest BCUT2D eigenvalue weighted by Gasteiger charge is 2.30. The van der Waals surface area contributed by atoms with Gasteiger partial charge in [-0.05, 0) is 37.6 Å². The summed E-state index contributed by atoms with van der Waals surface area (Å²) in [4.78, 5) is 20.1. The second-order valence-electron chi connectivity index (χ2n) is 5.69. The molecule has 3 heterocycles. The molecule has 22 heavy (non-hydrogen) atoms. The fraction of sp³-hybridized carbons (Fsp3) is 0.500. The van der Waals surface area contributed by atoms with Gasteiger partial charge >= 0.3 is 0 Å². The second-order valence-corrected chi connectivity index (χ2v) is 7.49. The lowest BCUT2D eigenvalue weighted by Crippen LogP contribution is -2.49. The van der Waals surface area contributed by atoms with Gasteiger partial charge in [-0.2, -0.15) is 0 Å². The molecule has 0 aromatic carbocycles. The van der Waals surface area contributed by atoms with Gasteiger partial charge in [0.15, 0.2) is 0 Å². The predicted octanol–water partition coefficient (Wildman–Crippen LogP) is 3.18. The molecule has 0 aliphatic carbocycles. The van der Waals surface area contributed by atoms with E-state index in [-0.39, 0.29) is 11.9 Å². The van der Waals surface area contributed by atoms with Crippen molar-refractivity contribution in [1.29, 1.82) is 0 Å². The first-order valence-corrected chi connectivity index (χ1v) is 9.37. The van der Waals surface area contributed by atoms with E-state index in [1.54, 1.807) is 29.6 Å². The van der Waals surface area contributed by atoms with Crippen LogP contribution in [0.4, 0.5) is 0 Å². The summed E-state index contributed by atoms with van der Waals surface area (Å²) in [7, 11) is 0. The van der Waals surface area contributed by atoms with Crippen LogP contribution in [0.3, 0.4) is 0 Å². The van der Waals surface area contributed by atoms with E-state index in [1.807, 2.05) is 27.8 Å². The minimum atomic E-state index is -0.471. The summed E-state index contributed by atoms with van der Waals surface area (Å²) in [6, 6.07) is 4.01. The summed E-state index contributed by atoms with van der Waals surface area (Å²) in [6.45, 7) is 2.52. The smallest absolute Gasteiger partial charge is 0.228 e. The van der Waals surface area contributed by atoms with Gasteiger partial charge in [0, 0.05) is 11.9 Å². The predicted molar refractivity (Wildman–Crippen MR) is 90.2 cm³/mol. The van der Waals surface area contributed by atoms with Crippen LogP contribution in [0, 0.1) is 0 Å². The highest BCUT2D eigenvalue weighted by Crippen LogP contribution is 2.28. The van der Waals surface area contributed by atoms with Gasteiger partial charge in [-0.3, -0.25) is 4.79 Å². The molecule has 0 saturated carbocycles. The lowest BCUT2D eigenvalue weighted by atomic mass is 9.97. The van der Waals surface area contributed by atoms with E-state index in [0.717, 1.165) is 41.4 Å². The van der Waals surface area contributed by atoms with Crippen LogP contribution in [0.2, 0.25) is 0 Å². The van der Waals surface area contributed by atoms with Gasteiger partial charge in [-0.15, -0.1) is 22.7 Å². The molecular formula is C16H20N2O2S2. The number of carbonyl (C=O) groups is 1. The number of aliphatic hydroxyl groups excluding tert-OH is 1. The summed E-state index contributed by atoms with van der Waals surface area (Å²) >= 11 is 3.24. The zero-order valence-corrected chi connectivity index (χ0v) is 14.2. The fourth-order valence-electron chi connectivity index (χ4n) is 2.93. The Morgan fingerprint density at radius 2 is 2.36 bits per heavy atom. The van der Waals surface area contributed by atoms with E-state index in [2.05, 4.69) is 4.98 Å². The largest absolute Gasteiger partial charge is 0.391 e. The average Bonchev–Trinajstić information content (AvgIpc) is 3.17. The Kier molecular flexibility index (Phi) is 4.90. The minimum absolute atomic E-state index is 0.0448. The molecule has 1 saturated heterocycles. The van der Waals surface area contributed by atoms with Gasteiger partial charge in [-0.1, -0.05) is 6.07 Å². The van der Waals surface area contributed by atoms with Gasteiger partial charge in [0.25, 0.3) is 0 Å². The topological polar surface area (TPSA) is 53.4 Å². The summed E-state index contributed by atoms with van der Waals surface area (Å²) in [5.41, 5.74) is 0.827. The van der Waals surface area contributed by atoms with Crippen molar-refractivity contribution in [2.24, 2.45) is 0 Å². The Hall–Kier alpha value is -1.24. The van der Waals surface area contributed by atoms with E-state index in [1.165, 1.54) is 0 Å². The monoisotopic (exact) mass is 336 g/mol. The van der Waals surface area contributed by atoms with Crippen LogP contribution in [0.1, 0.15) is 31.9 Å². The number of hydrogen-bond donors (Lipinski definition) is 1. The Morgan fingerprint density at radius 1 is 1.50 bits per heavy atom. The maximum absolute atomic E-state index is 12.6. The molecule has 2 atom stereocenters. The Morgan fingerprint density at radius 3 is 3.09 bits per heavy atom. The number of thiazole rings is 1. The van der Waals surface area contributed by atoms with Crippen molar-refractivity contribution < 1.29 is 9.90 Å². The first kappa shape index (κ1) is 15.6. The van der Waals surface area contributed by atoms with E-state index < -0.39 is 6.10 Å². The molecule has 0 spiro atoms. The zero-order chi connectivity index (χ0) is 15.5. The molecule has 6 heteroatoms. The zero-order valence-electron chi connectivity index (χ0n) is 12.6. The molecule has 0 radical (unpaired) electrons. The molecule has 2 aromatic rings. The quantitative estimate of drug-likeness (QED) is 0.933. The molecular weight excluding hydrogens is 316 g/mol. The molecule has 1 fully saturated rings. The number of likely N-dealkylation sites (tertiary alicyclic amines) is 1. The Bertz CT molecular complexity index is 622. The van der Waals surface area contributed by atoms with Crippen LogP contribution < -0.4 is 0 Å². The number of hydrogen-bond acceptors (Lipinski definition) is 5. The van der Waals surface area contributed by atoms with Gasteiger partial charge < -0.3 is 10.0 Å². The first-order valence-electron chi connectivity index (χ1n) is 7.61. The van der Waals surface area contributed by atoms with Crippen molar-refractivity contribution >= 4 is 28.6 Å². The summed E-state index contributed by atoms with van der Waals surface area (Å²) in [6.07, 6.45) is 2.85. The van der Waals surface area contributed by atoms with Crippen LogP contribution in [0.15, 0.2) is 22.9 Å². The van der Waals surface area contributed by atoms with Crippen LogP contribution in [0.25, 0.3) is 9.88 Å². The van der Waals surface area contributed by atoms with E-state index in [0.29, 0.717) is 6.42 Å². The molecule has 1 aliphatic rings. The van der Waals surface area contributed by atoms with Crippen LogP contribution in [-0.4, -0.2) is 39.6 Å². The molecule has 118 valence electrons. The molecule has 1 aliphatic heterocycles. The number of carbonyl (C=O) groups excluding carboxylic acids is 1. The second kappa shape index (κ2) is 6.89. The van der Waals surface area contributed by atoms with Crippen molar-refractivity contribution in [2.75, 3.05) is 6.54 Å². The van der Waals surface area contributed by atoms with Crippen LogP contribution >= 0.6 is 22.7 Å². The number of rotatable bonds is 4. The number of aromatic nitrogens is 1. The molecule has 2 aromatic heterocycles. The third-order valence-corrected chi connectivity index (χ3v) is 5.97. The summed E-state index contributed by atoms with van der Waals surface area (Å²) in [5.74, 6) is 0.0774. The van der Waals surface area contributed by atoms with Crippen molar-refractivity contribution in [3.05, 3.63) is 28.6 Å². The molecule has 2 unspecified atom stereocenters. The molecule has 0 bridgehead atoms. The lowest BCUT2D eigenvalue weighted by molar-refractivity contribution is -0.137. The molecule has 3 rings (SSSR count). The van der Waals surface area contributed by atoms with Gasteiger partial charge in [0.2, 0.25) is 5.91 Å². The molecule has 4 nitrogen and oxygen atoms in total. The van der Waals surface area contributed by atoms with Gasteiger partial charge in [-0.25, -0.2) is 4.98 Å². The SMILES string of the molecule is CC(O)C1CCCCN1C(=O)Cc1csc(-c2cccs2)n1. The maximum Gasteiger partial charge on any atom is 0.228 e. The van der Waals surface area contributed by atoms with Crippen molar-refractivity contribution in [3.8, 4) is 9.88 Å². The number of piperidine rings is 1. The third-order valence-electron chi connectivity index (χ3n) is 4.04. The van der Waals surface area contributed by atoms with Gasteiger partial charge in [0.05, 0.1) is 29.1 Å². The third kappa shape index (κ3) is 3.39. The first-order chi connectivity index (χ1) is 10.6. The highest BCUT2D eigenvalue weighted by molar-refractivity contribution is 7.20. The van der Waals surface area contributed by atoms with E-state index in [4.69, 9.17) is 0 Å². The van der Waals surface area contributed by atoms with Crippen molar-refractivity contribution in [1.82, 2.24) is 9.88 Å². The minimum Gasteiger partial charge on any atom is -0.391 e. The number of amides is 1. The fourth-order valence-corrected chi connectivity index (χ4v) is 4.56. The Labute approximate surface area is 138 Å². The molecule has 1 N–H and O–H groups in total. The van der Waals surface area contributed by atoms with Crippen LogP contribution in [-0.2, 0) is 11.2 Å². The summed E-state index contributed by atoms with van der Waals surface area (Å²) < 4.78 is 0. The van der Waals surface area contributed by atoms with Crippen molar-refractivity contribution in [3.63, 3.8) is 0 Å². The molecule has 1 amide bonds. The maximum atomic E-state index is 12.6. The summed E-state index contributed by atoms with van der Waals surface area (Å²) in [5, 5.41) is 14.9. The van der Waals surface area contributed by atoms with E-state index in [9.17, 15) is 9.90 Å². The highest BCUT2D eigenvalue weighted by atomic mass is 32.1. The standard InChI is InChI=1S/C16H20N2O2S2/c1-11(19)13-5-2-3-7-18(13)15(20)9-12-10-22-16(17-12)14-6-4-8-21-14/h4,6,8,10-11,13,19H,2-3,5,7,9H2,1H3. The van der Waals surface area contributed by atoms with Crippen LogP contribution in [0.5, 0.6) is 0 Å². The normalized spacial score (nSPS) is 20.1.